The summed E-state index contributed by atoms with van der Waals surface area (Å²) in [7, 11) is 0. The molecule has 0 saturated carbocycles. The van der Waals surface area contributed by atoms with Crippen molar-refractivity contribution >= 4 is 17.5 Å². The number of piperazine rings is 1. The molecule has 1 atom stereocenters. The first-order valence-corrected chi connectivity index (χ1v) is 10.3. The Morgan fingerprint density at radius 1 is 0.966 bits per heavy atom. The molecule has 1 aliphatic heterocycles. The molecule has 1 heterocycles. The van der Waals surface area contributed by atoms with Gasteiger partial charge in [0, 0.05) is 38.3 Å². The van der Waals surface area contributed by atoms with Crippen molar-refractivity contribution in [2.75, 3.05) is 38.0 Å². The molecule has 1 saturated heterocycles. The number of benzene rings is 2. The third-order valence-electron chi connectivity index (χ3n) is 5.82. The standard InChI is InChI=1S/C24H31N3O2/c1-18-8-7-11-22(20(18)3)25-23(28)17-26-12-14-27(15-13-26)24(29)16-19(2)21-9-5-4-6-10-21/h4-11,19H,12-17H2,1-3H3,(H,25,28). The summed E-state index contributed by atoms with van der Waals surface area (Å²) >= 11 is 0. The van der Waals surface area contributed by atoms with Crippen molar-refractivity contribution in [2.24, 2.45) is 0 Å². The lowest BCUT2D eigenvalue weighted by molar-refractivity contribution is -0.133. The van der Waals surface area contributed by atoms with Crippen LogP contribution in [0.1, 0.15) is 36.0 Å². The van der Waals surface area contributed by atoms with E-state index in [0.29, 0.717) is 26.1 Å². The number of hydrogen-bond acceptors (Lipinski definition) is 3. The van der Waals surface area contributed by atoms with Crippen molar-refractivity contribution in [3.8, 4) is 0 Å². The van der Waals surface area contributed by atoms with Gasteiger partial charge < -0.3 is 10.2 Å². The number of amides is 2. The topological polar surface area (TPSA) is 52.7 Å². The molecule has 1 aliphatic rings. The Kier molecular flexibility index (Phi) is 7.04. The molecule has 5 nitrogen and oxygen atoms in total. The van der Waals surface area contributed by atoms with E-state index in [9.17, 15) is 9.59 Å². The predicted octanol–water partition coefficient (Wildman–Crippen LogP) is 3.58. The second-order valence-electron chi connectivity index (χ2n) is 7.97. The van der Waals surface area contributed by atoms with E-state index >= 15 is 0 Å². The lowest BCUT2D eigenvalue weighted by Gasteiger charge is -2.35. The Labute approximate surface area is 173 Å². The number of rotatable bonds is 6. The van der Waals surface area contributed by atoms with Crippen LogP contribution in [0.15, 0.2) is 48.5 Å². The van der Waals surface area contributed by atoms with E-state index in [2.05, 4.69) is 29.3 Å². The maximum absolute atomic E-state index is 12.6. The molecule has 3 rings (SSSR count). The van der Waals surface area contributed by atoms with Crippen LogP contribution in [0, 0.1) is 13.8 Å². The van der Waals surface area contributed by atoms with Crippen molar-refractivity contribution in [1.29, 1.82) is 0 Å². The van der Waals surface area contributed by atoms with Crippen LogP contribution in [-0.2, 0) is 9.59 Å². The van der Waals surface area contributed by atoms with Gasteiger partial charge in [-0.15, -0.1) is 0 Å². The number of nitrogens with one attached hydrogen (secondary N) is 1. The van der Waals surface area contributed by atoms with E-state index in [1.807, 2.05) is 55.1 Å². The summed E-state index contributed by atoms with van der Waals surface area (Å²) in [5, 5.41) is 3.02. The molecule has 0 radical (unpaired) electrons. The Morgan fingerprint density at radius 2 is 1.66 bits per heavy atom. The predicted molar refractivity (Wildman–Crippen MR) is 117 cm³/mol. The molecule has 5 heteroatoms. The second-order valence-corrected chi connectivity index (χ2v) is 7.97. The zero-order chi connectivity index (χ0) is 20.8. The quantitative estimate of drug-likeness (QED) is 0.816. The van der Waals surface area contributed by atoms with E-state index in [0.717, 1.165) is 24.3 Å². The number of anilines is 1. The van der Waals surface area contributed by atoms with Crippen LogP contribution in [-0.4, -0.2) is 54.3 Å². The largest absolute Gasteiger partial charge is 0.340 e. The fourth-order valence-electron chi connectivity index (χ4n) is 3.73. The highest BCUT2D eigenvalue weighted by atomic mass is 16.2. The molecule has 0 aromatic heterocycles. The molecule has 1 fully saturated rings. The van der Waals surface area contributed by atoms with Gasteiger partial charge in [0.25, 0.3) is 0 Å². The van der Waals surface area contributed by atoms with Gasteiger partial charge in [-0.05, 0) is 42.5 Å². The minimum atomic E-state index is -0.00354. The van der Waals surface area contributed by atoms with Crippen LogP contribution < -0.4 is 5.32 Å². The van der Waals surface area contributed by atoms with E-state index in [1.54, 1.807) is 0 Å². The van der Waals surface area contributed by atoms with Crippen LogP contribution in [0.5, 0.6) is 0 Å². The molecule has 2 amide bonds. The Hall–Kier alpha value is -2.66. The van der Waals surface area contributed by atoms with Crippen molar-refractivity contribution in [1.82, 2.24) is 9.80 Å². The molecule has 0 aliphatic carbocycles. The fraction of sp³-hybridized carbons (Fsp3) is 0.417. The molecule has 0 spiro atoms. The van der Waals surface area contributed by atoms with Crippen LogP contribution in [0.4, 0.5) is 5.69 Å². The van der Waals surface area contributed by atoms with Gasteiger partial charge in [-0.25, -0.2) is 0 Å². The van der Waals surface area contributed by atoms with Gasteiger partial charge in [-0.2, -0.15) is 0 Å². The highest BCUT2D eigenvalue weighted by Crippen LogP contribution is 2.20. The smallest absolute Gasteiger partial charge is 0.238 e. The van der Waals surface area contributed by atoms with Gasteiger partial charge in [-0.3, -0.25) is 14.5 Å². The molecule has 1 N–H and O–H groups in total. The van der Waals surface area contributed by atoms with Gasteiger partial charge >= 0.3 is 0 Å². The summed E-state index contributed by atoms with van der Waals surface area (Å²) in [6.45, 7) is 9.33. The lowest BCUT2D eigenvalue weighted by atomic mass is 9.97. The Morgan fingerprint density at radius 3 is 2.34 bits per heavy atom. The number of hydrogen-bond donors (Lipinski definition) is 1. The maximum Gasteiger partial charge on any atom is 0.238 e. The third-order valence-corrected chi connectivity index (χ3v) is 5.82. The average Bonchev–Trinajstić information content (AvgIpc) is 2.72. The van der Waals surface area contributed by atoms with Gasteiger partial charge in [-0.1, -0.05) is 49.4 Å². The fourth-order valence-corrected chi connectivity index (χ4v) is 3.73. The molecule has 2 aromatic carbocycles. The van der Waals surface area contributed by atoms with E-state index in [4.69, 9.17) is 0 Å². The average molecular weight is 394 g/mol. The molecule has 154 valence electrons. The zero-order valence-corrected chi connectivity index (χ0v) is 17.6. The molecular weight excluding hydrogens is 362 g/mol. The third kappa shape index (κ3) is 5.67. The maximum atomic E-state index is 12.6. The summed E-state index contributed by atoms with van der Waals surface area (Å²) in [6, 6.07) is 16.1. The number of aryl methyl sites for hydroxylation is 1. The summed E-state index contributed by atoms with van der Waals surface area (Å²) in [5.74, 6) is 0.405. The number of carbonyl (C=O) groups excluding carboxylic acids is 2. The summed E-state index contributed by atoms with van der Waals surface area (Å²) in [6.07, 6.45) is 0.525. The number of nitrogens with zero attached hydrogens (tertiary/aromatic N) is 2. The zero-order valence-electron chi connectivity index (χ0n) is 17.6. The lowest BCUT2D eigenvalue weighted by Crippen LogP contribution is -2.50. The molecule has 29 heavy (non-hydrogen) atoms. The van der Waals surface area contributed by atoms with E-state index < -0.39 is 0 Å². The number of carbonyl (C=O) groups is 2. The highest BCUT2D eigenvalue weighted by Gasteiger charge is 2.24. The van der Waals surface area contributed by atoms with Crippen LogP contribution in [0.3, 0.4) is 0 Å². The Balaban J connectivity index is 1.44. The van der Waals surface area contributed by atoms with Crippen molar-refractivity contribution in [3.63, 3.8) is 0 Å². The summed E-state index contributed by atoms with van der Waals surface area (Å²) in [5.41, 5.74) is 4.34. The molecule has 1 unspecified atom stereocenters. The SMILES string of the molecule is Cc1cccc(NC(=O)CN2CCN(C(=O)CC(C)c3ccccc3)CC2)c1C. The van der Waals surface area contributed by atoms with E-state index in [-0.39, 0.29) is 17.7 Å². The summed E-state index contributed by atoms with van der Waals surface area (Å²) in [4.78, 5) is 29.1. The highest BCUT2D eigenvalue weighted by molar-refractivity contribution is 5.93. The van der Waals surface area contributed by atoms with Crippen molar-refractivity contribution in [2.45, 2.75) is 33.1 Å². The van der Waals surface area contributed by atoms with Crippen LogP contribution in [0.2, 0.25) is 0 Å². The second kappa shape index (κ2) is 9.70. The van der Waals surface area contributed by atoms with Crippen molar-refractivity contribution in [3.05, 3.63) is 65.2 Å². The Bertz CT molecular complexity index is 842. The summed E-state index contributed by atoms with van der Waals surface area (Å²) < 4.78 is 0. The first kappa shape index (κ1) is 21.1. The van der Waals surface area contributed by atoms with Gasteiger partial charge in [0.15, 0.2) is 0 Å². The van der Waals surface area contributed by atoms with Crippen molar-refractivity contribution < 1.29 is 9.59 Å². The minimum absolute atomic E-state index is 0.00354. The normalized spacial score (nSPS) is 15.8. The molecule has 2 aromatic rings. The van der Waals surface area contributed by atoms with Gasteiger partial charge in [0.2, 0.25) is 11.8 Å². The van der Waals surface area contributed by atoms with Gasteiger partial charge in [0.05, 0.1) is 6.54 Å². The van der Waals surface area contributed by atoms with Crippen LogP contribution >= 0.6 is 0 Å². The molecule has 0 bridgehead atoms. The first-order chi connectivity index (χ1) is 13.9. The van der Waals surface area contributed by atoms with Crippen LogP contribution in [0.25, 0.3) is 0 Å². The van der Waals surface area contributed by atoms with Gasteiger partial charge in [0.1, 0.15) is 0 Å². The first-order valence-electron chi connectivity index (χ1n) is 10.3. The monoisotopic (exact) mass is 393 g/mol. The van der Waals surface area contributed by atoms with E-state index in [1.165, 1.54) is 11.1 Å². The molecular formula is C24H31N3O2. The minimum Gasteiger partial charge on any atom is -0.340 e.